The second kappa shape index (κ2) is 5.97. The van der Waals surface area contributed by atoms with Crippen molar-refractivity contribution in [1.82, 2.24) is 5.32 Å². The first-order valence-electron chi connectivity index (χ1n) is 5.64. The van der Waals surface area contributed by atoms with E-state index in [0.29, 0.717) is 6.42 Å². The van der Waals surface area contributed by atoms with Crippen LogP contribution in [0.15, 0.2) is 17.5 Å². The monoisotopic (exact) mass is 270 g/mol. The van der Waals surface area contributed by atoms with E-state index in [2.05, 4.69) is 5.32 Å². The van der Waals surface area contributed by atoms with E-state index < -0.39 is 17.6 Å². The summed E-state index contributed by atoms with van der Waals surface area (Å²) in [5, 5.41) is 13.3. The van der Waals surface area contributed by atoms with Gasteiger partial charge in [0.15, 0.2) is 0 Å². The van der Waals surface area contributed by atoms with E-state index in [4.69, 9.17) is 10.8 Å². The van der Waals surface area contributed by atoms with E-state index in [1.165, 1.54) is 11.3 Å². The van der Waals surface area contributed by atoms with Crippen LogP contribution in [-0.2, 0) is 9.59 Å². The number of aliphatic carboxylic acids is 1. The molecule has 1 heterocycles. The molecule has 0 saturated carbocycles. The van der Waals surface area contributed by atoms with Gasteiger partial charge in [-0.25, -0.2) is 0 Å². The number of carboxylic acids is 1. The SMILES string of the molecule is CC(C)(CCC(=O)O)NC(=O)C(N)c1cccs1. The molecule has 0 aliphatic rings. The van der Waals surface area contributed by atoms with Crippen LogP contribution < -0.4 is 11.1 Å². The van der Waals surface area contributed by atoms with Gasteiger partial charge in [0, 0.05) is 16.8 Å². The van der Waals surface area contributed by atoms with Crippen molar-refractivity contribution in [2.24, 2.45) is 5.73 Å². The van der Waals surface area contributed by atoms with Gasteiger partial charge in [0.1, 0.15) is 6.04 Å². The van der Waals surface area contributed by atoms with Crippen molar-refractivity contribution in [3.05, 3.63) is 22.4 Å². The molecule has 0 saturated heterocycles. The Kier molecular flexibility index (Phi) is 4.86. The summed E-state index contributed by atoms with van der Waals surface area (Å²) in [6.07, 6.45) is 0.382. The molecular formula is C12H18N2O3S. The van der Waals surface area contributed by atoms with Gasteiger partial charge in [0.05, 0.1) is 0 Å². The first kappa shape index (κ1) is 14.7. The van der Waals surface area contributed by atoms with Gasteiger partial charge >= 0.3 is 5.97 Å². The topological polar surface area (TPSA) is 92.4 Å². The number of nitrogens with one attached hydrogen (secondary N) is 1. The number of carboxylic acid groups (broad SMARTS) is 1. The van der Waals surface area contributed by atoms with Gasteiger partial charge < -0.3 is 16.2 Å². The van der Waals surface area contributed by atoms with Crippen LogP contribution in [-0.4, -0.2) is 22.5 Å². The van der Waals surface area contributed by atoms with Gasteiger partial charge in [-0.2, -0.15) is 0 Å². The van der Waals surface area contributed by atoms with Crippen molar-refractivity contribution in [1.29, 1.82) is 0 Å². The van der Waals surface area contributed by atoms with Crippen molar-refractivity contribution in [2.45, 2.75) is 38.3 Å². The molecule has 0 aliphatic heterocycles. The Morgan fingerprint density at radius 2 is 2.22 bits per heavy atom. The fourth-order valence-corrected chi connectivity index (χ4v) is 2.22. The Hall–Kier alpha value is -1.40. The Morgan fingerprint density at radius 3 is 2.72 bits per heavy atom. The van der Waals surface area contributed by atoms with E-state index in [1.807, 2.05) is 11.4 Å². The summed E-state index contributed by atoms with van der Waals surface area (Å²) in [4.78, 5) is 23.2. The standard InChI is InChI=1S/C12H18N2O3S/c1-12(2,6-5-9(15)16)14-11(17)10(13)8-4-3-7-18-8/h3-4,7,10H,5-6,13H2,1-2H3,(H,14,17)(H,15,16). The lowest BCUT2D eigenvalue weighted by Crippen LogP contribution is -2.47. The Bertz CT molecular complexity index is 415. The summed E-state index contributed by atoms with van der Waals surface area (Å²) in [5.74, 6) is -1.16. The lowest BCUT2D eigenvalue weighted by atomic mass is 9.98. The van der Waals surface area contributed by atoms with Gasteiger partial charge in [-0.05, 0) is 31.7 Å². The first-order chi connectivity index (χ1) is 8.32. The van der Waals surface area contributed by atoms with Gasteiger partial charge in [-0.3, -0.25) is 9.59 Å². The highest BCUT2D eigenvalue weighted by Crippen LogP contribution is 2.19. The molecular weight excluding hydrogens is 252 g/mol. The maximum absolute atomic E-state index is 11.9. The smallest absolute Gasteiger partial charge is 0.303 e. The van der Waals surface area contributed by atoms with Gasteiger partial charge in [-0.1, -0.05) is 6.07 Å². The summed E-state index contributed by atoms with van der Waals surface area (Å²) in [5.41, 5.74) is 5.25. The molecule has 5 nitrogen and oxygen atoms in total. The minimum absolute atomic E-state index is 0.0154. The fourth-order valence-electron chi connectivity index (χ4n) is 1.49. The fraction of sp³-hybridized carbons (Fsp3) is 0.500. The molecule has 18 heavy (non-hydrogen) atoms. The molecule has 1 amide bonds. The number of hydrogen-bond donors (Lipinski definition) is 3. The molecule has 0 fully saturated rings. The Labute approximate surface area is 110 Å². The van der Waals surface area contributed by atoms with E-state index in [1.54, 1.807) is 19.9 Å². The third-order valence-corrected chi connectivity index (χ3v) is 3.51. The summed E-state index contributed by atoms with van der Waals surface area (Å²) < 4.78 is 0. The second-order valence-electron chi connectivity index (χ2n) is 4.76. The second-order valence-corrected chi connectivity index (χ2v) is 5.74. The third-order valence-electron chi connectivity index (χ3n) is 2.56. The molecule has 0 spiro atoms. The number of nitrogens with two attached hydrogens (primary N) is 1. The molecule has 0 bridgehead atoms. The van der Waals surface area contributed by atoms with Crippen LogP contribution in [0.4, 0.5) is 0 Å². The highest BCUT2D eigenvalue weighted by molar-refractivity contribution is 7.10. The zero-order valence-corrected chi connectivity index (χ0v) is 11.3. The average Bonchev–Trinajstić information content (AvgIpc) is 2.78. The van der Waals surface area contributed by atoms with Crippen LogP contribution >= 0.6 is 11.3 Å². The van der Waals surface area contributed by atoms with E-state index >= 15 is 0 Å². The summed E-state index contributed by atoms with van der Waals surface area (Å²) in [7, 11) is 0. The molecule has 1 aromatic heterocycles. The predicted octanol–water partition coefficient (Wildman–Crippen LogP) is 1.51. The Morgan fingerprint density at radius 1 is 1.56 bits per heavy atom. The zero-order valence-electron chi connectivity index (χ0n) is 10.5. The third kappa shape index (κ3) is 4.46. The lowest BCUT2D eigenvalue weighted by molar-refractivity contribution is -0.137. The molecule has 1 atom stereocenters. The van der Waals surface area contributed by atoms with Crippen LogP contribution in [0, 0.1) is 0 Å². The van der Waals surface area contributed by atoms with E-state index in [9.17, 15) is 9.59 Å². The molecule has 1 aromatic rings. The van der Waals surface area contributed by atoms with Gasteiger partial charge in [0.25, 0.3) is 0 Å². The maximum Gasteiger partial charge on any atom is 0.303 e. The van der Waals surface area contributed by atoms with Crippen LogP contribution in [0.3, 0.4) is 0 Å². The molecule has 1 unspecified atom stereocenters. The van der Waals surface area contributed by atoms with E-state index in [0.717, 1.165) is 4.88 Å². The van der Waals surface area contributed by atoms with Crippen LogP contribution in [0.5, 0.6) is 0 Å². The largest absolute Gasteiger partial charge is 0.481 e. The predicted molar refractivity (Wildman–Crippen MR) is 70.3 cm³/mol. The highest BCUT2D eigenvalue weighted by Gasteiger charge is 2.25. The summed E-state index contributed by atoms with van der Waals surface area (Å²) in [6, 6.07) is 2.94. The number of hydrogen-bond acceptors (Lipinski definition) is 4. The minimum Gasteiger partial charge on any atom is -0.481 e. The van der Waals surface area contributed by atoms with Crippen LogP contribution in [0.2, 0.25) is 0 Å². The lowest BCUT2D eigenvalue weighted by Gasteiger charge is -2.27. The molecule has 100 valence electrons. The summed E-state index contributed by atoms with van der Waals surface area (Å²) >= 11 is 1.42. The van der Waals surface area contributed by atoms with Crippen molar-refractivity contribution >= 4 is 23.2 Å². The minimum atomic E-state index is -0.875. The molecule has 4 N–H and O–H groups in total. The zero-order chi connectivity index (χ0) is 13.8. The van der Waals surface area contributed by atoms with Crippen molar-refractivity contribution in [3.8, 4) is 0 Å². The first-order valence-corrected chi connectivity index (χ1v) is 6.52. The molecule has 0 aromatic carbocycles. The number of rotatable bonds is 6. The van der Waals surface area contributed by atoms with Crippen molar-refractivity contribution in [3.63, 3.8) is 0 Å². The summed E-state index contributed by atoms with van der Waals surface area (Å²) in [6.45, 7) is 3.57. The van der Waals surface area contributed by atoms with Crippen LogP contribution in [0.1, 0.15) is 37.6 Å². The van der Waals surface area contributed by atoms with Gasteiger partial charge in [0.2, 0.25) is 5.91 Å². The highest BCUT2D eigenvalue weighted by atomic mass is 32.1. The van der Waals surface area contributed by atoms with Crippen molar-refractivity contribution < 1.29 is 14.7 Å². The van der Waals surface area contributed by atoms with Crippen LogP contribution in [0.25, 0.3) is 0 Å². The number of thiophene rings is 1. The number of carbonyl (C=O) groups excluding carboxylic acids is 1. The van der Waals surface area contributed by atoms with E-state index in [-0.39, 0.29) is 12.3 Å². The number of amides is 1. The quantitative estimate of drug-likeness (QED) is 0.730. The Balaban J connectivity index is 2.55. The molecule has 6 heteroatoms. The molecule has 0 aliphatic carbocycles. The van der Waals surface area contributed by atoms with Crippen molar-refractivity contribution in [2.75, 3.05) is 0 Å². The average molecular weight is 270 g/mol. The maximum atomic E-state index is 11.9. The molecule has 0 radical (unpaired) electrons. The normalized spacial score (nSPS) is 13.1. The van der Waals surface area contributed by atoms with Gasteiger partial charge in [-0.15, -0.1) is 11.3 Å². The molecule has 1 rings (SSSR count). The number of carbonyl (C=O) groups is 2.